The van der Waals surface area contributed by atoms with Gasteiger partial charge >= 0.3 is 137 Å². The minimum absolute atomic E-state index is 0. The Hall–Kier alpha value is 2.26. The van der Waals surface area contributed by atoms with E-state index in [0.29, 0.717) is 0 Å². The van der Waals surface area contributed by atoms with Crippen LogP contribution in [0.15, 0.2) is 0 Å². The SMILES string of the molecule is [C-]#N.[C-]#N.[C-]#N.[C-]#N.[Pt+2].[Rb+].[Rb+]. The smallest absolute Gasteiger partial charge is 0.512 e. The summed E-state index contributed by atoms with van der Waals surface area (Å²) in [6, 6.07) is 0. The molecule has 7 heteroatoms. The Labute approximate surface area is 179 Å². The summed E-state index contributed by atoms with van der Waals surface area (Å²) < 4.78 is 0. The van der Waals surface area contributed by atoms with Crippen LogP contribution in [0.3, 0.4) is 0 Å². The van der Waals surface area contributed by atoms with Gasteiger partial charge in [-0.05, 0) is 0 Å². The van der Waals surface area contributed by atoms with Crippen LogP contribution in [0, 0.1) is 47.3 Å². The van der Waals surface area contributed by atoms with Gasteiger partial charge in [-0.1, -0.05) is 0 Å². The fourth-order valence-corrected chi connectivity index (χ4v) is 0. The third-order valence-corrected chi connectivity index (χ3v) is 0. The fraction of sp³-hybridized carbons (Fsp3) is 0. The van der Waals surface area contributed by atoms with E-state index in [9.17, 15) is 0 Å². The summed E-state index contributed by atoms with van der Waals surface area (Å²) in [6.45, 7) is 19.0. The number of hydrogen-bond acceptors (Lipinski definition) is 4. The van der Waals surface area contributed by atoms with Gasteiger partial charge in [0.05, 0.1) is 0 Å². The summed E-state index contributed by atoms with van der Waals surface area (Å²) in [5, 5.41) is 25.0. The Morgan fingerprint density at radius 3 is 0.455 bits per heavy atom. The van der Waals surface area contributed by atoms with Crippen LogP contribution in [-0.4, -0.2) is 0 Å². The predicted octanol–water partition coefficient (Wildman–Crippen LogP) is -5.61. The molecule has 0 bridgehead atoms. The van der Waals surface area contributed by atoms with Gasteiger partial charge in [0.15, 0.2) is 0 Å². The van der Waals surface area contributed by atoms with Crippen molar-refractivity contribution < 1.29 is 137 Å². The van der Waals surface area contributed by atoms with Gasteiger partial charge in [-0.25, -0.2) is 0 Å². The molecule has 0 fully saturated rings. The van der Waals surface area contributed by atoms with Crippen LogP contribution in [0.4, 0.5) is 0 Å². The first-order chi connectivity index (χ1) is 4.00. The normalized spacial score (nSPS) is 0.727. The van der Waals surface area contributed by atoms with Crippen LogP contribution in [0.5, 0.6) is 0 Å². The Morgan fingerprint density at radius 2 is 0.455 bits per heavy atom. The van der Waals surface area contributed by atoms with Crippen molar-refractivity contribution in [3.8, 4) is 0 Å². The van der Waals surface area contributed by atoms with Crippen LogP contribution < -0.4 is 116 Å². The van der Waals surface area contributed by atoms with Crippen LogP contribution >= 0.6 is 0 Å². The van der Waals surface area contributed by atoms with E-state index in [2.05, 4.69) is 0 Å². The van der Waals surface area contributed by atoms with Gasteiger partial charge in [0, 0.05) is 0 Å². The van der Waals surface area contributed by atoms with Crippen molar-refractivity contribution >= 4 is 0 Å². The maximum absolute atomic E-state index is 6.25. The fourth-order valence-electron chi connectivity index (χ4n) is 0. The zero-order valence-corrected chi connectivity index (χ0v) is 18.2. The molecule has 0 atom stereocenters. The van der Waals surface area contributed by atoms with Crippen molar-refractivity contribution in [2.45, 2.75) is 0 Å². The number of nitrogens with zero attached hydrogens (tertiary/aromatic N) is 4. The van der Waals surface area contributed by atoms with Crippen LogP contribution in [-0.2, 0) is 21.1 Å². The molecule has 0 unspecified atom stereocenters. The molecule has 0 aromatic rings. The summed E-state index contributed by atoms with van der Waals surface area (Å²) in [6.07, 6.45) is 0. The van der Waals surface area contributed by atoms with Crippen molar-refractivity contribution in [3.05, 3.63) is 26.3 Å². The van der Waals surface area contributed by atoms with Gasteiger partial charge in [0.1, 0.15) is 0 Å². The second-order valence-corrected chi connectivity index (χ2v) is 0. The molecular formula is C4N4PtRb2. The molecule has 0 amide bonds. The van der Waals surface area contributed by atoms with Gasteiger partial charge in [-0.2, -0.15) is 0 Å². The molecule has 0 aliphatic heterocycles. The summed E-state index contributed by atoms with van der Waals surface area (Å²) >= 11 is 0. The first-order valence-electron chi connectivity index (χ1n) is 0.894. The maximum Gasteiger partial charge on any atom is 2.00 e. The van der Waals surface area contributed by atoms with Crippen molar-refractivity contribution in [2.24, 2.45) is 0 Å². The van der Waals surface area contributed by atoms with E-state index in [4.69, 9.17) is 47.3 Å². The molecule has 0 aliphatic carbocycles. The molecule has 0 rings (SSSR count). The number of rotatable bonds is 0. The maximum atomic E-state index is 6.25. The van der Waals surface area contributed by atoms with E-state index in [1.165, 1.54) is 0 Å². The minimum Gasteiger partial charge on any atom is -0.512 e. The summed E-state index contributed by atoms with van der Waals surface area (Å²) in [5.74, 6) is 0. The Balaban J connectivity index is -0.00000000356. The first-order valence-corrected chi connectivity index (χ1v) is 0.894. The van der Waals surface area contributed by atoms with E-state index in [1.54, 1.807) is 0 Å². The Bertz CT molecular complexity index is 63.1. The minimum atomic E-state index is 0. The van der Waals surface area contributed by atoms with Gasteiger partial charge in [-0.3, -0.25) is 0 Å². The summed E-state index contributed by atoms with van der Waals surface area (Å²) in [4.78, 5) is 0. The van der Waals surface area contributed by atoms with Crippen LogP contribution in [0.2, 0.25) is 0 Å². The Morgan fingerprint density at radius 1 is 0.455 bits per heavy atom. The summed E-state index contributed by atoms with van der Waals surface area (Å²) in [7, 11) is 0. The molecule has 11 heavy (non-hydrogen) atoms. The molecule has 0 aromatic carbocycles. The second-order valence-electron chi connectivity index (χ2n) is 0. The van der Waals surface area contributed by atoms with E-state index in [-0.39, 0.29) is 137 Å². The molecule has 0 saturated carbocycles. The zero-order chi connectivity index (χ0) is 8.00. The quantitative estimate of drug-likeness (QED) is 0.330. The molecule has 48 valence electrons. The van der Waals surface area contributed by atoms with E-state index in [0.717, 1.165) is 0 Å². The molecule has 0 saturated heterocycles. The van der Waals surface area contributed by atoms with E-state index >= 15 is 0 Å². The van der Waals surface area contributed by atoms with E-state index < -0.39 is 0 Å². The van der Waals surface area contributed by atoms with Gasteiger partial charge < -0.3 is 47.3 Å². The topological polar surface area (TPSA) is 95.2 Å². The summed E-state index contributed by atoms with van der Waals surface area (Å²) in [5.41, 5.74) is 0. The molecule has 0 N–H and O–H groups in total. The standard InChI is InChI=1S/4CN.Pt.2Rb/c4*1-2;;;/q4*-1;+2;2*+1. The molecule has 4 nitrogen and oxygen atoms in total. The Kier molecular flexibility index (Phi) is 1410. The zero-order valence-electron chi connectivity index (χ0n) is 6.11. The second kappa shape index (κ2) is 305. The average molecular weight is 470 g/mol. The average Bonchev–Trinajstić information content (AvgIpc) is 2.03. The third kappa shape index (κ3) is 253. The number of hydrogen-bond donors (Lipinski definition) is 0. The molecule has 0 aromatic heterocycles. The molecule has 0 spiro atoms. The molecular weight excluding hydrogens is 470 g/mol. The van der Waals surface area contributed by atoms with Crippen molar-refractivity contribution in [1.82, 2.24) is 0 Å². The third-order valence-electron chi connectivity index (χ3n) is 0. The van der Waals surface area contributed by atoms with E-state index in [1.807, 2.05) is 0 Å². The van der Waals surface area contributed by atoms with Crippen molar-refractivity contribution in [2.75, 3.05) is 0 Å². The molecule has 0 heterocycles. The first kappa shape index (κ1) is 50.9. The van der Waals surface area contributed by atoms with Crippen molar-refractivity contribution in [1.29, 1.82) is 21.0 Å². The van der Waals surface area contributed by atoms with Gasteiger partial charge in [0.25, 0.3) is 0 Å². The largest absolute Gasteiger partial charge is 2.00 e. The predicted molar refractivity (Wildman–Crippen MR) is 19.9 cm³/mol. The van der Waals surface area contributed by atoms with Gasteiger partial charge in [-0.15, -0.1) is 0 Å². The van der Waals surface area contributed by atoms with Crippen molar-refractivity contribution in [3.63, 3.8) is 0 Å². The monoisotopic (exact) mass is 469 g/mol. The molecule has 0 radical (unpaired) electrons. The molecule has 0 aliphatic rings. The van der Waals surface area contributed by atoms with Crippen LogP contribution in [0.1, 0.15) is 0 Å². The van der Waals surface area contributed by atoms with Gasteiger partial charge in [0.2, 0.25) is 0 Å². The van der Waals surface area contributed by atoms with Crippen LogP contribution in [0.25, 0.3) is 0 Å².